The number of carbonyl (C=O) groups is 2. The van der Waals surface area contributed by atoms with E-state index in [0.717, 1.165) is 25.7 Å². The van der Waals surface area contributed by atoms with Gasteiger partial charge in [-0.25, -0.2) is 0 Å². The Morgan fingerprint density at radius 1 is 1.26 bits per heavy atom. The predicted molar refractivity (Wildman–Crippen MR) is 100 cm³/mol. The average Bonchev–Trinajstić information content (AvgIpc) is 3.11. The molecule has 1 aliphatic rings. The van der Waals surface area contributed by atoms with E-state index in [-0.39, 0.29) is 23.4 Å². The summed E-state index contributed by atoms with van der Waals surface area (Å²) < 4.78 is 1.69. The monoisotopic (exact) mass is 366 g/mol. The van der Waals surface area contributed by atoms with Crippen molar-refractivity contribution < 1.29 is 9.59 Å². The maximum Gasteiger partial charge on any atom is 0.254 e. The van der Waals surface area contributed by atoms with Crippen molar-refractivity contribution in [1.29, 1.82) is 5.26 Å². The molecule has 2 aromatic rings. The zero-order valence-corrected chi connectivity index (χ0v) is 15.1. The fraction of sp³-hybridized carbons (Fsp3) is 0.368. The van der Waals surface area contributed by atoms with Crippen molar-refractivity contribution >= 4 is 23.3 Å². The van der Waals surface area contributed by atoms with Crippen molar-refractivity contribution in [3.8, 4) is 6.07 Å². The summed E-state index contributed by atoms with van der Waals surface area (Å²) in [6.07, 6.45) is 5.35. The van der Waals surface area contributed by atoms with Gasteiger partial charge in [-0.2, -0.15) is 10.4 Å². The molecule has 0 bridgehead atoms. The van der Waals surface area contributed by atoms with Crippen LogP contribution < -0.4 is 16.4 Å². The lowest BCUT2D eigenvalue weighted by Crippen LogP contribution is -2.22. The minimum absolute atomic E-state index is 0.0620. The number of nitrogens with one attached hydrogen (secondary N) is 2. The van der Waals surface area contributed by atoms with Gasteiger partial charge in [-0.15, -0.1) is 0 Å². The standard InChI is InChI=1S/C19H22N6O2/c1-22-19(27)12-6-8-14(9-7-12)23-18-15(17(21)26)11-25(24-18)16-5-3-2-4-13(16)10-20/h6-9,11,13,16H,2-5H2,1H3,(H2,21,26)(H,22,27)(H,23,24)/t13?,16-/m0/s1. The van der Waals surface area contributed by atoms with Gasteiger partial charge in [0.05, 0.1) is 18.0 Å². The Kier molecular flexibility index (Phi) is 5.41. The van der Waals surface area contributed by atoms with Crippen LogP contribution in [0.1, 0.15) is 52.4 Å². The molecule has 1 heterocycles. The number of primary amides is 1. The molecule has 140 valence electrons. The summed E-state index contributed by atoms with van der Waals surface area (Å²) in [5, 5.41) is 19.5. The van der Waals surface area contributed by atoms with Gasteiger partial charge in [0.25, 0.3) is 11.8 Å². The van der Waals surface area contributed by atoms with Gasteiger partial charge in [0.15, 0.2) is 5.82 Å². The number of amides is 2. The SMILES string of the molecule is CNC(=O)c1ccc(Nc2nn([C@H]3CCCCC3C#N)cc2C(N)=O)cc1. The lowest BCUT2D eigenvalue weighted by Gasteiger charge is -2.26. The van der Waals surface area contributed by atoms with Crippen LogP contribution >= 0.6 is 0 Å². The second-order valence-electron chi connectivity index (χ2n) is 6.60. The highest BCUT2D eigenvalue weighted by molar-refractivity contribution is 5.98. The summed E-state index contributed by atoms with van der Waals surface area (Å²) in [5.41, 5.74) is 6.99. The van der Waals surface area contributed by atoms with E-state index in [4.69, 9.17) is 5.73 Å². The van der Waals surface area contributed by atoms with E-state index >= 15 is 0 Å². The number of hydrogen-bond donors (Lipinski definition) is 3. The number of nitrogens with two attached hydrogens (primary N) is 1. The highest BCUT2D eigenvalue weighted by atomic mass is 16.1. The Morgan fingerprint density at radius 2 is 1.96 bits per heavy atom. The molecule has 0 spiro atoms. The molecule has 3 rings (SSSR count). The fourth-order valence-electron chi connectivity index (χ4n) is 3.40. The minimum atomic E-state index is -0.588. The van der Waals surface area contributed by atoms with Crippen molar-refractivity contribution in [3.05, 3.63) is 41.6 Å². The first-order chi connectivity index (χ1) is 13.0. The first-order valence-electron chi connectivity index (χ1n) is 8.91. The van der Waals surface area contributed by atoms with Crippen LogP contribution in [-0.4, -0.2) is 28.6 Å². The first kappa shape index (κ1) is 18.5. The zero-order valence-electron chi connectivity index (χ0n) is 15.1. The van der Waals surface area contributed by atoms with E-state index in [1.807, 2.05) is 0 Å². The van der Waals surface area contributed by atoms with Crippen LogP contribution in [0.4, 0.5) is 11.5 Å². The van der Waals surface area contributed by atoms with E-state index in [2.05, 4.69) is 21.8 Å². The Morgan fingerprint density at radius 3 is 2.59 bits per heavy atom. The zero-order chi connectivity index (χ0) is 19.4. The second-order valence-corrected chi connectivity index (χ2v) is 6.60. The van der Waals surface area contributed by atoms with Crippen LogP contribution in [0.2, 0.25) is 0 Å². The Bertz CT molecular complexity index is 881. The van der Waals surface area contributed by atoms with E-state index < -0.39 is 5.91 Å². The van der Waals surface area contributed by atoms with Crippen LogP contribution in [0, 0.1) is 17.2 Å². The van der Waals surface area contributed by atoms with Gasteiger partial charge in [-0.3, -0.25) is 14.3 Å². The number of nitrogens with zero attached hydrogens (tertiary/aromatic N) is 3. The molecule has 1 aromatic carbocycles. The highest BCUT2D eigenvalue weighted by Crippen LogP contribution is 2.34. The van der Waals surface area contributed by atoms with Gasteiger partial charge in [-0.1, -0.05) is 12.8 Å². The number of anilines is 2. The number of nitriles is 1. The average molecular weight is 366 g/mol. The Balaban J connectivity index is 1.86. The molecule has 1 aromatic heterocycles. The molecule has 8 heteroatoms. The van der Waals surface area contributed by atoms with E-state index in [1.54, 1.807) is 42.2 Å². The molecule has 2 atom stereocenters. The maximum absolute atomic E-state index is 11.9. The Hall–Kier alpha value is -3.34. The first-order valence-corrected chi connectivity index (χ1v) is 8.91. The second kappa shape index (κ2) is 7.91. The topological polar surface area (TPSA) is 126 Å². The fourth-order valence-corrected chi connectivity index (χ4v) is 3.40. The van der Waals surface area contributed by atoms with Crippen LogP contribution in [0.15, 0.2) is 30.5 Å². The Labute approximate surface area is 157 Å². The number of benzene rings is 1. The molecular weight excluding hydrogens is 344 g/mol. The molecule has 1 aliphatic carbocycles. The van der Waals surface area contributed by atoms with Gasteiger partial charge in [0, 0.05) is 24.5 Å². The van der Waals surface area contributed by atoms with Crippen molar-refractivity contribution in [1.82, 2.24) is 15.1 Å². The van der Waals surface area contributed by atoms with Gasteiger partial charge >= 0.3 is 0 Å². The minimum Gasteiger partial charge on any atom is -0.365 e. The molecule has 0 radical (unpaired) electrons. The third kappa shape index (κ3) is 3.92. The largest absolute Gasteiger partial charge is 0.365 e. The number of carbonyl (C=O) groups excluding carboxylic acids is 2. The van der Waals surface area contributed by atoms with Crippen molar-refractivity contribution in [3.63, 3.8) is 0 Å². The molecule has 0 aliphatic heterocycles. The van der Waals surface area contributed by atoms with E-state index in [0.29, 0.717) is 17.1 Å². The van der Waals surface area contributed by atoms with Gasteiger partial charge in [-0.05, 0) is 37.1 Å². The molecule has 1 unspecified atom stereocenters. The molecule has 1 saturated carbocycles. The van der Waals surface area contributed by atoms with E-state index in [1.165, 1.54) is 0 Å². The normalized spacial score (nSPS) is 19.1. The summed E-state index contributed by atoms with van der Waals surface area (Å²) in [6.45, 7) is 0. The summed E-state index contributed by atoms with van der Waals surface area (Å²) in [6, 6.07) is 9.09. The molecule has 27 heavy (non-hydrogen) atoms. The molecule has 1 fully saturated rings. The summed E-state index contributed by atoms with van der Waals surface area (Å²) >= 11 is 0. The molecule has 4 N–H and O–H groups in total. The third-order valence-corrected chi connectivity index (χ3v) is 4.87. The maximum atomic E-state index is 11.9. The van der Waals surface area contributed by atoms with Gasteiger partial charge in [0.2, 0.25) is 0 Å². The summed E-state index contributed by atoms with van der Waals surface area (Å²) in [4.78, 5) is 23.5. The van der Waals surface area contributed by atoms with Gasteiger partial charge in [0.1, 0.15) is 5.56 Å². The molecule has 2 amide bonds. The van der Waals surface area contributed by atoms with Crippen molar-refractivity contribution in [2.45, 2.75) is 31.7 Å². The summed E-state index contributed by atoms with van der Waals surface area (Å²) in [7, 11) is 1.57. The van der Waals surface area contributed by atoms with E-state index in [9.17, 15) is 14.9 Å². The quantitative estimate of drug-likeness (QED) is 0.749. The van der Waals surface area contributed by atoms with Gasteiger partial charge < -0.3 is 16.4 Å². The smallest absolute Gasteiger partial charge is 0.254 e. The third-order valence-electron chi connectivity index (χ3n) is 4.87. The lowest BCUT2D eigenvalue weighted by atomic mass is 9.85. The van der Waals surface area contributed by atoms with Crippen LogP contribution in [0.5, 0.6) is 0 Å². The molecule has 0 saturated heterocycles. The van der Waals surface area contributed by atoms with Crippen LogP contribution in [-0.2, 0) is 0 Å². The predicted octanol–water partition coefficient (Wildman–Crippen LogP) is 2.34. The van der Waals surface area contributed by atoms with Crippen molar-refractivity contribution in [2.75, 3.05) is 12.4 Å². The number of hydrogen-bond acceptors (Lipinski definition) is 5. The van der Waals surface area contributed by atoms with Crippen LogP contribution in [0.25, 0.3) is 0 Å². The molecular formula is C19H22N6O2. The van der Waals surface area contributed by atoms with Crippen LogP contribution in [0.3, 0.4) is 0 Å². The lowest BCUT2D eigenvalue weighted by molar-refractivity contribution is 0.0961. The number of aromatic nitrogens is 2. The summed E-state index contributed by atoms with van der Waals surface area (Å²) in [5.74, 6) is -0.546. The van der Waals surface area contributed by atoms with Crippen molar-refractivity contribution in [2.24, 2.45) is 11.7 Å². The highest BCUT2D eigenvalue weighted by Gasteiger charge is 2.28. The molecule has 8 nitrogen and oxygen atoms in total. The number of rotatable bonds is 5.